The number of carbonyl (C=O) groups excluding carboxylic acids is 2. The standard InChI is InChI=1S/C25H30N4O2S2/c1-17(2)24(31)26-19-12-10-18(11-13-19)22(30)16-33-25-28-27-23(15-21-9-6-14-32-21)29(25)20-7-4-3-5-8-20/h6,9-14,17,20H,3-5,7-8,15-16H2,1-2H3,(H,26,31). The highest BCUT2D eigenvalue weighted by Gasteiger charge is 2.24. The lowest BCUT2D eigenvalue weighted by Gasteiger charge is -2.25. The van der Waals surface area contributed by atoms with Crippen LogP contribution >= 0.6 is 23.1 Å². The molecule has 1 saturated carbocycles. The summed E-state index contributed by atoms with van der Waals surface area (Å²) in [6.07, 6.45) is 6.79. The maximum atomic E-state index is 12.8. The molecule has 0 unspecified atom stereocenters. The first-order valence-electron chi connectivity index (χ1n) is 11.5. The van der Waals surface area contributed by atoms with Crippen LogP contribution in [0.1, 0.15) is 73.1 Å². The number of nitrogens with one attached hydrogen (secondary N) is 1. The maximum absolute atomic E-state index is 12.8. The number of aromatic nitrogens is 3. The summed E-state index contributed by atoms with van der Waals surface area (Å²) in [4.78, 5) is 26.0. The molecular formula is C25H30N4O2S2. The van der Waals surface area contributed by atoms with E-state index < -0.39 is 0 Å². The lowest BCUT2D eigenvalue weighted by molar-refractivity contribution is -0.118. The molecule has 1 N–H and O–H groups in total. The third-order valence-electron chi connectivity index (χ3n) is 5.92. The molecule has 1 aromatic carbocycles. The predicted molar refractivity (Wildman–Crippen MR) is 134 cm³/mol. The van der Waals surface area contributed by atoms with Crippen LogP contribution in [0, 0.1) is 5.92 Å². The topological polar surface area (TPSA) is 76.9 Å². The predicted octanol–water partition coefficient (Wildman–Crippen LogP) is 6.01. The maximum Gasteiger partial charge on any atom is 0.226 e. The number of carbonyl (C=O) groups is 2. The Kier molecular flexibility index (Phi) is 7.98. The number of hydrogen-bond donors (Lipinski definition) is 1. The largest absolute Gasteiger partial charge is 0.326 e. The van der Waals surface area contributed by atoms with Crippen LogP contribution in [0.25, 0.3) is 0 Å². The van der Waals surface area contributed by atoms with Gasteiger partial charge in [0, 0.05) is 34.5 Å². The molecule has 0 bridgehead atoms. The lowest BCUT2D eigenvalue weighted by atomic mass is 9.95. The normalized spacial score (nSPS) is 14.5. The lowest BCUT2D eigenvalue weighted by Crippen LogP contribution is -2.18. The van der Waals surface area contributed by atoms with Crippen LogP contribution in [0.15, 0.2) is 46.9 Å². The minimum atomic E-state index is -0.0890. The Morgan fingerprint density at radius 3 is 2.55 bits per heavy atom. The number of hydrogen-bond acceptors (Lipinski definition) is 6. The Hall–Kier alpha value is -2.45. The van der Waals surface area contributed by atoms with Gasteiger partial charge < -0.3 is 9.88 Å². The van der Waals surface area contributed by atoms with Gasteiger partial charge in [0.15, 0.2) is 10.9 Å². The molecule has 6 nitrogen and oxygen atoms in total. The van der Waals surface area contributed by atoms with Crippen molar-refractivity contribution in [3.63, 3.8) is 0 Å². The first kappa shape index (κ1) is 23.7. The second-order valence-electron chi connectivity index (χ2n) is 8.75. The zero-order chi connectivity index (χ0) is 23.2. The fraction of sp³-hybridized carbons (Fsp3) is 0.440. The third kappa shape index (κ3) is 6.12. The number of amides is 1. The highest BCUT2D eigenvalue weighted by atomic mass is 32.2. The van der Waals surface area contributed by atoms with Crippen molar-refractivity contribution in [2.75, 3.05) is 11.1 Å². The first-order chi connectivity index (χ1) is 16.0. The van der Waals surface area contributed by atoms with Crippen molar-refractivity contribution in [3.8, 4) is 0 Å². The van der Waals surface area contributed by atoms with Gasteiger partial charge in [0.2, 0.25) is 5.91 Å². The van der Waals surface area contributed by atoms with Crippen molar-refractivity contribution in [2.45, 2.75) is 63.6 Å². The van der Waals surface area contributed by atoms with Crippen molar-refractivity contribution in [1.82, 2.24) is 14.8 Å². The second-order valence-corrected chi connectivity index (χ2v) is 10.7. The number of Topliss-reactive ketones (excluding diaryl/α,β-unsaturated/α-hetero) is 1. The number of thiophene rings is 1. The van der Waals surface area contributed by atoms with Crippen LogP contribution in [0.2, 0.25) is 0 Å². The van der Waals surface area contributed by atoms with Gasteiger partial charge >= 0.3 is 0 Å². The van der Waals surface area contributed by atoms with Gasteiger partial charge in [-0.3, -0.25) is 9.59 Å². The van der Waals surface area contributed by atoms with E-state index in [9.17, 15) is 9.59 Å². The Balaban J connectivity index is 1.44. The average molecular weight is 483 g/mol. The summed E-state index contributed by atoms with van der Waals surface area (Å²) in [7, 11) is 0. The van der Waals surface area contributed by atoms with E-state index in [1.54, 1.807) is 35.6 Å². The van der Waals surface area contributed by atoms with E-state index in [1.165, 1.54) is 35.9 Å². The van der Waals surface area contributed by atoms with Gasteiger partial charge in [0.05, 0.1) is 5.75 Å². The summed E-state index contributed by atoms with van der Waals surface area (Å²) in [6, 6.07) is 11.7. The fourth-order valence-corrected chi connectivity index (χ4v) is 5.66. The number of ketones is 1. The molecule has 0 aliphatic heterocycles. The number of benzene rings is 1. The van der Waals surface area contributed by atoms with Crippen LogP contribution in [-0.4, -0.2) is 32.2 Å². The van der Waals surface area contributed by atoms with Crippen LogP contribution in [0.4, 0.5) is 5.69 Å². The number of rotatable bonds is 9. The van der Waals surface area contributed by atoms with Crippen molar-refractivity contribution in [3.05, 3.63) is 58.0 Å². The van der Waals surface area contributed by atoms with Gasteiger partial charge in [-0.2, -0.15) is 0 Å². The van der Waals surface area contributed by atoms with E-state index in [0.717, 1.165) is 30.2 Å². The molecule has 1 aliphatic rings. The summed E-state index contributed by atoms with van der Waals surface area (Å²) in [5, 5.41) is 14.8. The van der Waals surface area contributed by atoms with Gasteiger partial charge in [-0.25, -0.2) is 0 Å². The van der Waals surface area contributed by atoms with E-state index in [1.807, 2.05) is 13.8 Å². The fourth-order valence-electron chi connectivity index (χ4n) is 4.04. The summed E-state index contributed by atoms with van der Waals surface area (Å²) >= 11 is 3.21. The van der Waals surface area contributed by atoms with E-state index in [4.69, 9.17) is 0 Å². The highest BCUT2D eigenvalue weighted by Crippen LogP contribution is 2.33. The first-order valence-corrected chi connectivity index (χ1v) is 13.4. The van der Waals surface area contributed by atoms with Crippen LogP contribution in [0.3, 0.4) is 0 Å². The minimum Gasteiger partial charge on any atom is -0.326 e. The van der Waals surface area contributed by atoms with Gasteiger partial charge in [0.1, 0.15) is 5.82 Å². The van der Waals surface area contributed by atoms with Crippen molar-refractivity contribution < 1.29 is 9.59 Å². The van der Waals surface area contributed by atoms with Crippen LogP contribution < -0.4 is 5.32 Å². The summed E-state index contributed by atoms with van der Waals surface area (Å²) in [5.74, 6) is 1.21. The molecule has 1 aliphatic carbocycles. The molecule has 1 fully saturated rings. The zero-order valence-electron chi connectivity index (χ0n) is 19.1. The minimum absolute atomic E-state index is 0.0370. The van der Waals surface area contributed by atoms with E-state index in [2.05, 4.69) is 37.6 Å². The average Bonchev–Trinajstić information content (AvgIpc) is 3.48. The molecule has 4 rings (SSSR count). The molecule has 2 heterocycles. The smallest absolute Gasteiger partial charge is 0.226 e. The molecular weight excluding hydrogens is 452 g/mol. The summed E-state index contributed by atoms with van der Waals surface area (Å²) in [6.45, 7) is 3.70. The quantitative estimate of drug-likeness (QED) is 0.299. The van der Waals surface area contributed by atoms with Crippen molar-refractivity contribution in [1.29, 1.82) is 0 Å². The third-order valence-corrected chi connectivity index (χ3v) is 7.74. The van der Waals surface area contributed by atoms with Gasteiger partial charge in [-0.15, -0.1) is 21.5 Å². The number of nitrogens with zero attached hydrogens (tertiary/aromatic N) is 3. The Morgan fingerprint density at radius 1 is 1.12 bits per heavy atom. The Labute approximate surface area is 203 Å². The molecule has 3 aromatic rings. The van der Waals surface area contributed by atoms with E-state index >= 15 is 0 Å². The molecule has 0 saturated heterocycles. The van der Waals surface area contributed by atoms with Gasteiger partial charge in [0.25, 0.3) is 0 Å². The molecule has 0 atom stereocenters. The highest BCUT2D eigenvalue weighted by molar-refractivity contribution is 7.99. The molecule has 0 spiro atoms. The van der Waals surface area contributed by atoms with E-state index in [-0.39, 0.29) is 17.6 Å². The number of thioether (sulfide) groups is 1. The van der Waals surface area contributed by atoms with Crippen LogP contribution in [0.5, 0.6) is 0 Å². The van der Waals surface area contributed by atoms with Gasteiger partial charge in [-0.05, 0) is 48.6 Å². The molecule has 1 amide bonds. The Bertz CT molecular complexity index is 1070. The second kappa shape index (κ2) is 11.1. The summed E-state index contributed by atoms with van der Waals surface area (Å²) < 4.78 is 2.29. The molecule has 8 heteroatoms. The van der Waals surface area contributed by atoms with Gasteiger partial charge in [-0.1, -0.05) is 50.9 Å². The summed E-state index contributed by atoms with van der Waals surface area (Å²) in [5.41, 5.74) is 1.33. The van der Waals surface area contributed by atoms with Crippen molar-refractivity contribution in [2.24, 2.45) is 5.92 Å². The Morgan fingerprint density at radius 2 is 1.88 bits per heavy atom. The van der Waals surface area contributed by atoms with Crippen LogP contribution in [-0.2, 0) is 11.2 Å². The SMILES string of the molecule is CC(C)C(=O)Nc1ccc(C(=O)CSc2nnc(Cc3cccs3)n2C2CCCCC2)cc1. The monoisotopic (exact) mass is 482 g/mol. The van der Waals surface area contributed by atoms with Crippen molar-refractivity contribution >= 4 is 40.5 Å². The number of anilines is 1. The van der Waals surface area contributed by atoms with E-state index in [0.29, 0.717) is 23.0 Å². The molecule has 174 valence electrons. The molecule has 0 radical (unpaired) electrons. The molecule has 2 aromatic heterocycles. The molecule has 33 heavy (non-hydrogen) atoms. The zero-order valence-corrected chi connectivity index (χ0v) is 20.8.